The predicted octanol–water partition coefficient (Wildman–Crippen LogP) is 1.70. The molecule has 1 aromatic heterocycles. The molecule has 0 aliphatic rings. The van der Waals surface area contributed by atoms with E-state index in [0.29, 0.717) is 29.9 Å². The molecule has 0 unspecified atom stereocenters. The van der Waals surface area contributed by atoms with Crippen LogP contribution in [0.15, 0.2) is 9.42 Å². The highest BCUT2D eigenvalue weighted by molar-refractivity contribution is 9.09. The summed E-state index contributed by atoms with van der Waals surface area (Å²) >= 11 is 3.24. The van der Waals surface area contributed by atoms with Crippen molar-refractivity contribution in [3.63, 3.8) is 0 Å². The van der Waals surface area contributed by atoms with Gasteiger partial charge in [0.1, 0.15) is 10.6 Å². The number of aryl methyl sites for hydroxylation is 2. The molecule has 0 radical (unpaired) electrons. The van der Waals surface area contributed by atoms with Crippen molar-refractivity contribution in [3.05, 3.63) is 11.5 Å². The zero-order valence-corrected chi connectivity index (χ0v) is 11.9. The van der Waals surface area contributed by atoms with Crippen LogP contribution in [-0.2, 0) is 10.0 Å². The van der Waals surface area contributed by atoms with Gasteiger partial charge in [0.15, 0.2) is 5.76 Å². The van der Waals surface area contributed by atoms with Crippen molar-refractivity contribution in [3.8, 4) is 0 Å². The van der Waals surface area contributed by atoms with Gasteiger partial charge in [-0.2, -0.15) is 4.31 Å². The van der Waals surface area contributed by atoms with E-state index in [-0.39, 0.29) is 4.90 Å². The molecule has 1 rings (SSSR count). The van der Waals surface area contributed by atoms with Gasteiger partial charge in [-0.25, -0.2) is 8.42 Å². The van der Waals surface area contributed by atoms with Crippen LogP contribution in [0.25, 0.3) is 0 Å². The van der Waals surface area contributed by atoms with Gasteiger partial charge in [0.05, 0.1) is 0 Å². The molecule has 1 heterocycles. The van der Waals surface area contributed by atoms with E-state index in [0.717, 1.165) is 0 Å². The Morgan fingerprint density at radius 2 is 2.06 bits per heavy atom. The van der Waals surface area contributed by atoms with E-state index in [2.05, 4.69) is 21.1 Å². The molecule has 0 fully saturated rings. The minimum absolute atomic E-state index is 0.190. The number of sulfonamides is 1. The molecule has 0 amide bonds. The molecule has 0 N–H and O–H groups in total. The monoisotopic (exact) mass is 310 g/mol. The molecule has 7 heteroatoms. The van der Waals surface area contributed by atoms with Gasteiger partial charge in [-0.3, -0.25) is 0 Å². The van der Waals surface area contributed by atoms with Crippen LogP contribution in [0, 0.1) is 13.8 Å². The zero-order chi connectivity index (χ0) is 12.3. The fourth-order valence-electron chi connectivity index (χ4n) is 1.51. The van der Waals surface area contributed by atoms with Crippen LogP contribution in [0.4, 0.5) is 0 Å². The van der Waals surface area contributed by atoms with Crippen LogP contribution in [0.5, 0.6) is 0 Å². The largest absolute Gasteiger partial charge is 0.360 e. The third-order valence-electron chi connectivity index (χ3n) is 2.25. The molecule has 0 aliphatic heterocycles. The van der Waals surface area contributed by atoms with Crippen molar-refractivity contribution < 1.29 is 12.9 Å². The molecule has 92 valence electrons. The van der Waals surface area contributed by atoms with Gasteiger partial charge < -0.3 is 4.52 Å². The summed E-state index contributed by atoms with van der Waals surface area (Å²) in [7, 11) is -3.48. The standard InChI is InChI=1S/C9H15BrN2O3S/c1-4-12(6-5-10)16(13,14)9-7(2)11-15-8(9)3/h4-6H2,1-3H3. The number of hydrogen-bond acceptors (Lipinski definition) is 4. The Bertz CT molecular complexity index is 436. The van der Waals surface area contributed by atoms with Crippen LogP contribution in [0.1, 0.15) is 18.4 Å². The highest BCUT2D eigenvalue weighted by Gasteiger charge is 2.29. The molecule has 0 aromatic carbocycles. The fraction of sp³-hybridized carbons (Fsp3) is 0.667. The smallest absolute Gasteiger partial charge is 0.248 e. The van der Waals surface area contributed by atoms with Gasteiger partial charge in [0.2, 0.25) is 10.0 Å². The molecule has 0 saturated heterocycles. The van der Waals surface area contributed by atoms with E-state index in [1.165, 1.54) is 4.31 Å². The van der Waals surface area contributed by atoms with Crippen LogP contribution < -0.4 is 0 Å². The second-order valence-electron chi connectivity index (χ2n) is 3.34. The lowest BCUT2D eigenvalue weighted by Crippen LogP contribution is -2.33. The highest BCUT2D eigenvalue weighted by Crippen LogP contribution is 2.22. The molecule has 0 aliphatic carbocycles. The number of nitrogens with zero attached hydrogens (tertiary/aromatic N) is 2. The first-order valence-corrected chi connectivity index (χ1v) is 7.50. The maximum atomic E-state index is 12.3. The lowest BCUT2D eigenvalue weighted by Gasteiger charge is -2.18. The molecule has 0 spiro atoms. The molecule has 5 nitrogen and oxygen atoms in total. The van der Waals surface area contributed by atoms with Crippen LogP contribution in [0.3, 0.4) is 0 Å². The van der Waals surface area contributed by atoms with Crippen molar-refractivity contribution >= 4 is 26.0 Å². The van der Waals surface area contributed by atoms with E-state index < -0.39 is 10.0 Å². The van der Waals surface area contributed by atoms with Crippen molar-refractivity contribution in [1.29, 1.82) is 0 Å². The summed E-state index contributed by atoms with van der Waals surface area (Å²) in [5.74, 6) is 0.338. The minimum atomic E-state index is -3.48. The van der Waals surface area contributed by atoms with E-state index in [9.17, 15) is 8.42 Å². The van der Waals surface area contributed by atoms with E-state index in [4.69, 9.17) is 4.52 Å². The quantitative estimate of drug-likeness (QED) is 0.776. The first-order valence-electron chi connectivity index (χ1n) is 4.94. The lowest BCUT2D eigenvalue weighted by atomic mass is 10.4. The van der Waals surface area contributed by atoms with Gasteiger partial charge in [-0.1, -0.05) is 28.0 Å². The van der Waals surface area contributed by atoms with Crippen molar-refractivity contribution in [2.75, 3.05) is 18.4 Å². The normalized spacial score (nSPS) is 12.3. The molecular weight excluding hydrogens is 296 g/mol. The van der Waals surface area contributed by atoms with Crippen LogP contribution in [-0.4, -0.2) is 36.3 Å². The summed E-state index contributed by atoms with van der Waals surface area (Å²) < 4.78 is 30.8. The maximum absolute atomic E-state index is 12.3. The molecule has 0 bridgehead atoms. The fourth-order valence-corrected chi connectivity index (χ4v) is 3.92. The summed E-state index contributed by atoms with van der Waals surface area (Å²) in [5.41, 5.74) is 0.408. The number of halogens is 1. The third kappa shape index (κ3) is 2.46. The van der Waals surface area contributed by atoms with Crippen molar-refractivity contribution in [1.82, 2.24) is 9.46 Å². The van der Waals surface area contributed by atoms with E-state index >= 15 is 0 Å². The average Bonchev–Trinajstić information content (AvgIpc) is 2.55. The van der Waals surface area contributed by atoms with Gasteiger partial charge in [0, 0.05) is 18.4 Å². The van der Waals surface area contributed by atoms with Crippen LogP contribution >= 0.6 is 15.9 Å². The second-order valence-corrected chi connectivity index (χ2v) is 6.01. The third-order valence-corrected chi connectivity index (χ3v) is 4.83. The molecule has 0 atom stereocenters. The molecule has 1 aromatic rings. The topological polar surface area (TPSA) is 63.4 Å². The molecular formula is C9H15BrN2O3S. The highest BCUT2D eigenvalue weighted by atomic mass is 79.9. The van der Waals surface area contributed by atoms with Gasteiger partial charge in [-0.15, -0.1) is 0 Å². The van der Waals surface area contributed by atoms with Gasteiger partial charge >= 0.3 is 0 Å². The summed E-state index contributed by atoms with van der Waals surface area (Å²) in [5, 5.41) is 4.27. The number of hydrogen-bond donors (Lipinski definition) is 0. The number of rotatable bonds is 5. The Hall–Kier alpha value is -0.400. The predicted molar refractivity (Wildman–Crippen MR) is 64.2 cm³/mol. The van der Waals surface area contributed by atoms with E-state index in [1.54, 1.807) is 20.8 Å². The molecule has 16 heavy (non-hydrogen) atoms. The summed E-state index contributed by atoms with van der Waals surface area (Å²) in [4.78, 5) is 0.190. The molecule has 0 saturated carbocycles. The Morgan fingerprint density at radius 3 is 2.44 bits per heavy atom. The summed E-state index contributed by atoms with van der Waals surface area (Å²) in [6.45, 7) is 5.90. The Balaban J connectivity index is 3.20. The first-order chi connectivity index (χ1) is 7.45. The van der Waals surface area contributed by atoms with Crippen molar-refractivity contribution in [2.45, 2.75) is 25.7 Å². The zero-order valence-electron chi connectivity index (χ0n) is 9.53. The number of aromatic nitrogens is 1. The Morgan fingerprint density at radius 1 is 1.44 bits per heavy atom. The van der Waals surface area contributed by atoms with Crippen LogP contribution in [0.2, 0.25) is 0 Å². The lowest BCUT2D eigenvalue weighted by molar-refractivity contribution is 0.389. The van der Waals surface area contributed by atoms with E-state index in [1.807, 2.05) is 0 Å². The second kappa shape index (κ2) is 5.29. The average molecular weight is 311 g/mol. The SMILES string of the molecule is CCN(CCBr)S(=O)(=O)c1c(C)noc1C. The van der Waals surface area contributed by atoms with Gasteiger partial charge in [-0.05, 0) is 13.8 Å². The summed E-state index contributed by atoms with van der Waals surface area (Å²) in [6, 6.07) is 0. The maximum Gasteiger partial charge on any atom is 0.248 e. The minimum Gasteiger partial charge on any atom is -0.360 e. The van der Waals surface area contributed by atoms with Crippen molar-refractivity contribution in [2.24, 2.45) is 0 Å². The Labute approximate surface area is 104 Å². The first kappa shape index (κ1) is 13.7. The Kier molecular flexibility index (Phi) is 4.52. The summed E-state index contributed by atoms with van der Waals surface area (Å²) in [6.07, 6.45) is 0. The number of alkyl halides is 1. The van der Waals surface area contributed by atoms with Gasteiger partial charge in [0.25, 0.3) is 0 Å².